The van der Waals surface area contributed by atoms with Crippen LogP contribution in [0.15, 0.2) is 24.3 Å². The van der Waals surface area contributed by atoms with Gasteiger partial charge >= 0.3 is 5.69 Å². The fraction of sp³-hybridized carbons (Fsp3) is 0.400. The van der Waals surface area contributed by atoms with Crippen molar-refractivity contribution in [1.29, 1.82) is 0 Å². The molecule has 0 aliphatic heterocycles. The smallest absolute Gasteiger partial charge is 0.310 e. The third-order valence-electron chi connectivity index (χ3n) is 1.08. The Bertz CT molecular complexity index is 261. The largest absolute Gasteiger partial charge is 0.502 e. The van der Waals surface area contributed by atoms with Crippen LogP contribution in [0.4, 0.5) is 5.69 Å². The van der Waals surface area contributed by atoms with Gasteiger partial charge in [0.05, 0.1) is 4.92 Å². The zero-order valence-electron chi connectivity index (χ0n) is 9.02. The topological polar surface area (TPSA) is 63.4 Å². The molecule has 0 atom stereocenters. The lowest BCUT2D eigenvalue weighted by atomic mass is 10.3. The summed E-state index contributed by atoms with van der Waals surface area (Å²) in [6.07, 6.45) is 0. The van der Waals surface area contributed by atoms with Gasteiger partial charge in [0.25, 0.3) is 0 Å². The zero-order chi connectivity index (χ0) is 11.6. The van der Waals surface area contributed by atoms with Crippen LogP contribution in [0.2, 0.25) is 0 Å². The summed E-state index contributed by atoms with van der Waals surface area (Å²) < 4.78 is 0. The Morgan fingerprint density at radius 3 is 1.86 bits per heavy atom. The summed E-state index contributed by atoms with van der Waals surface area (Å²) in [4.78, 5) is 9.44. The van der Waals surface area contributed by atoms with Crippen molar-refractivity contribution >= 4 is 5.69 Å². The SMILES string of the molecule is CC.CC.O=[N+]([O-])c1ccccc1O. The molecular formula is C10H17NO3. The van der Waals surface area contributed by atoms with Gasteiger partial charge in [-0.15, -0.1) is 0 Å². The highest BCUT2D eigenvalue weighted by atomic mass is 16.6. The fourth-order valence-electron chi connectivity index (χ4n) is 0.619. The van der Waals surface area contributed by atoms with Crippen molar-refractivity contribution in [3.8, 4) is 5.75 Å². The molecule has 0 saturated heterocycles. The van der Waals surface area contributed by atoms with Gasteiger partial charge in [0.1, 0.15) is 0 Å². The predicted molar refractivity (Wildman–Crippen MR) is 57.5 cm³/mol. The number of phenolic OH excluding ortho intramolecular Hbond substituents is 1. The second kappa shape index (κ2) is 9.51. The summed E-state index contributed by atoms with van der Waals surface area (Å²) in [6, 6.07) is 5.55. The Morgan fingerprint density at radius 1 is 1.14 bits per heavy atom. The number of phenols is 1. The molecule has 4 nitrogen and oxygen atoms in total. The first-order chi connectivity index (χ1) is 6.72. The van der Waals surface area contributed by atoms with Crippen molar-refractivity contribution < 1.29 is 10.0 Å². The van der Waals surface area contributed by atoms with Crippen molar-refractivity contribution in [2.24, 2.45) is 0 Å². The Labute approximate surface area is 84.4 Å². The first-order valence-corrected chi connectivity index (χ1v) is 4.64. The van der Waals surface area contributed by atoms with Crippen molar-refractivity contribution in [3.05, 3.63) is 34.4 Å². The zero-order valence-corrected chi connectivity index (χ0v) is 9.02. The molecule has 0 aliphatic rings. The summed E-state index contributed by atoms with van der Waals surface area (Å²) in [7, 11) is 0. The van der Waals surface area contributed by atoms with Crippen molar-refractivity contribution in [2.45, 2.75) is 27.7 Å². The van der Waals surface area contributed by atoms with E-state index in [9.17, 15) is 10.1 Å². The Morgan fingerprint density at radius 2 is 1.57 bits per heavy atom. The van der Waals surface area contributed by atoms with Crippen LogP contribution in [0, 0.1) is 10.1 Å². The highest BCUT2D eigenvalue weighted by Crippen LogP contribution is 2.23. The molecule has 0 unspecified atom stereocenters. The normalized spacial score (nSPS) is 7.43. The van der Waals surface area contributed by atoms with Gasteiger partial charge in [0, 0.05) is 6.07 Å². The van der Waals surface area contributed by atoms with E-state index in [1.54, 1.807) is 0 Å². The second-order valence-corrected chi connectivity index (χ2v) is 1.75. The fourth-order valence-corrected chi connectivity index (χ4v) is 0.619. The van der Waals surface area contributed by atoms with Crippen molar-refractivity contribution in [1.82, 2.24) is 0 Å². The second-order valence-electron chi connectivity index (χ2n) is 1.75. The maximum Gasteiger partial charge on any atom is 0.310 e. The number of nitro benzene ring substituents is 1. The minimum absolute atomic E-state index is 0.262. The Hall–Kier alpha value is -1.58. The molecule has 80 valence electrons. The van der Waals surface area contributed by atoms with Gasteiger partial charge in [0.2, 0.25) is 0 Å². The number of benzene rings is 1. The molecule has 0 radical (unpaired) electrons. The maximum absolute atomic E-state index is 10.1. The molecule has 1 aromatic carbocycles. The molecule has 4 heteroatoms. The molecule has 0 aromatic heterocycles. The molecule has 0 spiro atoms. The van der Waals surface area contributed by atoms with E-state index in [4.69, 9.17) is 5.11 Å². The molecule has 14 heavy (non-hydrogen) atoms. The van der Waals surface area contributed by atoms with Gasteiger partial charge in [0.15, 0.2) is 5.75 Å². The lowest BCUT2D eigenvalue weighted by molar-refractivity contribution is -0.385. The average molecular weight is 199 g/mol. The molecule has 1 aromatic rings. The van der Waals surface area contributed by atoms with E-state index in [2.05, 4.69) is 0 Å². The van der Waals surface area contributed by atoms with E-state index in [1.807, 2.05) is 27.7 Å². The van der Waals surface area contributed by atoms with Gasteiger partial charge in [-0.3, -0.25) is 10.1 Å². The molecular weight excluding hydrogens is 182 g/mol. The highest BCUT2D eigenvalue weighted by molar-refractivity contribution is 5.44. The summed E-state index contributed by atoms with van der Waals surface area (Å²) in [5.74, 6) is -0.299. The molecule has 0 aliphatic carbocycles. The summed E-state index contributed by atoms with van der Waals surface area (Å²) in [6.45, 7) is 8.00. The molecule has 0 saturated carbocycles. The average Bonchev–Trinajstić information content (AvgIpc) is 2.24. The van der Waals surface area contributed by atoms with Crippen LogP contribution >= 0.6 is 0 Å². The predicted octanol–water partition coefficient (Wildman–Crippen LogP) is 3.35. The monoisotopic (exact) mass is 199 g/mol. The van der Waals surface area contributed by atoms with Crippen LogP contribution in [-0.4, -0.2) is 10.0 Å². The van der Waals surface area contributed by atoms with Crippen LogP contribution in [-0.2, 0) is 0 Å². The first kappa shape index (κ1) is 14.9. The van der Waals surface area contributed by atoms with Gasteiger partial charge in [-0.25, -0.2) is 0 Å². The lowest BCUT2D eigenvalue weighted by Crippen LogP contribution is -1.86. The quantitative estimate of drug-likeness (QED) is 0.557. The van der Waals surface area contributed by atoms with E-state index < -0.39 is 4.92 Å². The van der Waals surface area contributed by atoms with E-state index >= 15 is 0 Å². The Balaban J connectivity index is 0. The standard InChI is InChI=1S/C6H5NO3.2C2H6/c8-6-4-2-1-3-5(6)7(9)10;2*1-2/h1-4,8H;2*1-2H3. The summed E-state index contributed by atoms with van der Waals surface area (Å²) in [5, 5.41) is 18.9. The van der Waals surface area contributed by atoms with Gasteiger partial charge in [-0.1, -0.05) is 39.8 Å². The van der Waals surface area contributed by atoms with E-state index in [0.29, 0.717) is 0 Å². The van der Waals surface area contributed by atoms with E-state index in [1.165, 1.54) is 24.3 Å². The molecule has 0 heterocycles. The van der Waals surface area contributed by atoms with Gasteiger partial charge in [-0.05, 0) is 6.07 Å². The number of hydrogen-bond acceptors (Lipinski definition) is 3. The number of aromatic hydroxyl groups is 1. The van der Waals surface area contributed by atoms with Gasteiger partial charge in [-0.2, -0.15) is 0 Å². The van der Waals surface area contributed by atoms with Gasteiger partial charge < -0.3 is 5.11 Å². The van der Waals surface area contributed by atoms with Crippen LogP contribution in [0.1, 0.15) is 27.7 Å². The number of rotatable bonds is 1. The van der Waals surface area contributed by atoms with Crippen LogP contribution in [0.5, 0.6) is 5.75 Å². The molecule has 0 bridgehead atoms. The Kier molecular flexibility index (Phi) is 10.1. The summed E-state index contributed by atoms with van der Waals surface area (Å²) >= 11 is 0. The van der Waals surface area contributed by atoms with Crippen LogP contribution < -0.4 is 0 Å². The molecule has 1 N–H and O–H groups in total. The molecule has 0 fully saturated rings. The maximum atomic E-state index is 10.1. The number of nitrogens with zero attached hydrogens (tertiary/aromatic N) is 1. The summed E-state index contributed by atoms with van der Waals surface area (Å²) in [5.41, 5.74) is -0.262. The first-order valence-electron chi connectivity index (χ1n) is 4.64. The number of hydrogen-bond donors (Lipinski definition) is 1. The van der Waals surface area contributed by atoms with E-state index in [-0.39, 0.29) is 11.4 Å². The lowest BCUT2D eigenvalue weighted by Gasteiger charge is -1.91. The third kappa shape index (κ3) is 5.13. The van der Waals surface area contributed by atoms with Crippen molar-refractivity contribution in [2.75, 3.05) is 0 Å². The minimum atomic E-state index is -0.630. The van der Waals surface area contributed by atoms with E-state index in [0.717, 1.165) is 0 Å². The van der Waals surface area contributed by atoms with Crippen LogP contribution in [0.25, 0.3) is 0 Å². The number of nitro groups is 1. The molecule has 0 amide bonds. The van der Waals surface area contributed by atoms with Crippen molar-refractivity contribution in [3.63, 3.8) is 0 Å². The highest BCUT2D eigenvalue weighted by Gasteiger charge is 2.09. The third-order valence-corrected chi connectivity index (χ3v) is 1.08. The number of para-hydroxylation sites is 2. The minimum Gasteiger partial charge on any atom is -0.502 e. The molecule has 1 rings (SSSR count). The van der Waals surface area contributed by atoms with Crippen LogP contribution in [0.3, 0.4) is 0 Å².